The van der Waals surface area contributed by atoms with Gasteiger partial charge in [-0.1, -0.05) is 42.1 Å². The third kappa shape index (κ3) is 4.91. The van der Waals surface area contributed by atoms with E-state index in [9.17, 15) is 13.2 Å². The van der Waals surface area contributed by atoms with E-state index in [1.54, 1.807) is 18.2 Å². The Labute approximate surface area is 165 Å². The van der Waals surface area contributed by atoms with Gasteiger partial charge < -0.3 is 5.32 Å². The molecular weight excluding hydrogens is 395 g/mol. The molecule has 1 saturated carbocycles. The maximum Gasteiger partial charge on any atom is 0.223 e. The number of carbonyl (C=O) groups is 1. The summed E-state index contributed by atoms with van der Waals surface area (Å²) in [4.78, 5) is 12.4. The number of nitrogens with zero attached hydrogens (tertiary/aromatic N) is 1. The van der Waals surface area contributed by atoms with Crippen molar-refractivity contribution in [2.45, 2.75) is 50.3 Å². The monoisotopic (exact) mass is 418 g/mol. The van der Waals surface area contributed by atoms with Crippen molar-refractivity contribution in [3.8, 4) is 0 Å². The molecule has 1 aromatic rings. The number of rotatable bonds is 5. The van der Waals surface area contributed by atoms with Crippen LogP contribution in [-0.2, 0) is 20.6 Å². The number of carbonyl (C=O) groups excluding carboxylic acids is 1. The average Bonchev–Trinajstić information content (AvgIpc) is 3.10. The van der Waals surface area contributed by atoms with Gasteiger partial charge in [0.1, 0.15) is 0 Å². The molecule has 0 atom stereocenters. The number of sulfonamides is 1. The molecule has 8 heteroatoms. The molecule has 1 aromatic carbocycles. The normalized spacial score (nSPS) is 20.4. The van der Waals surface area contributed by atoms with Crippen molar-refractivity contribution in [3.63, 3.8) is 0 Å². The van der Waals surface area contributed by atoms with Gasteiger partial charge >= 0.3 is 0 Å². The SMILES string of the molecule is O=C(NC1CCCC1)C1CCN(S(=O)(=O)Cc2ccc(Cl)cc2Cl)CC1. The molecule has 2 fully saturated rings. The largest absolute Gasteiger partial charge is 0.353 e. The van der Waals surface area contributed by atoms with Crippen LogP contribution in [0.2, 0.25) is 10.0 Å². The molecule has 0 aromatic heterocycles. The fourth-order valence-corrected chi connectivity index (χ4v) is 5.86. The zero-order chi connectivity index (χ0) is 18.7. The Hall–Kier alpha value is -0.820. The van der Waals surface area contributed by atoms with Gasteiger partial charge in [-0.2, -0.15) is 0 Å². The Balaban J connectivity index is 1.55. The number of hydrogen-bond donors (Lipinski definition) is 1. The van der Waals surface area contributed by atoms with E-state index in [1.165, 1.54) is 17.1 Å². The zero-order valence-corrected chi connectivity index (χ0v) is 16.9. The van der Waals surface area contributed by atoms with Crippen molar-refractivity contribution in [1.29, 1.82) is 0 Å². The van der Waals surface area contributed by atoms with E-state index in [1.807, 2.05) is 0 Å². The number of benzene rings is 1. The second kappa shape index (κ2) is 8.46. The van der Waals surface area contributed by atoms with Crippen LogP contribution < -0.4 is 5.32 Å². The molecule has 3 rings (SSSR count). The van der Waals surface area contributed by atoms with Crippen molar-refractivity contribution in [3.05, 3.63) is 33.8 Å². The lowest BCUT2D eigenvalue weighted by atomic mass is 9.97. The van der Waals surface area contributed by atoms with E-state index in [0.29, 0.717) is 47.6 Å². The van der Waals surface area contributed by atoms with Crippen LogP contribution in [0, 0.1) is 5.92 Å². The lowest BCUT2D eigenvalue weighted by molar-refractivity contribution is -0.126. The maximum absolute atomic E-state index is 12.7. The molecule has 0 spiro atoms. The van der Waals surface area contributed by atoms with E-state index in [4.69, 9.17) is 23.2 Å². The van der Waals surface area contributed by atoms with Crippen LogP contribution in [-0.4, -0.2) is 37.8 Å². The van der Waals surface area contributed by atoms with Crippen LogP contribution in [0.1, 0.15) is 44.1 Å². The van der Waals surface area contributed by atoms with E-state index in [0.717, 1.165) is 12.8 Å². The Kier molecular flexibility index (Phi) is 6.49. The van der Waals surface area contributed by atoms with Crippen molar-refractivity contribution < 1.29 is 13.2 Å². The summed E-state index contributed by atoms with van der Waals surface area (Å²) in [5.41, 5.74) is 0.539. The van der Waals surface area contributed by atoms with Gasteiger partial charge in [-0.3, -0.25) is 4.79 Å². The Morgan fingerprint density at radius 1 is 1.12 bits per heavy atom. The summed E-state index contributed by atoms with van der Waals surface area (Å²) >= 11 is 12.0. The van der Waals surface area contributed by atoms with Gasteiger partial charge in [0, 0.05) is 35.1 Å². The Bertz CT molecular complexity index is 756. The van der Waals surface area contributed by atoms with Crippen LogP contribution >= 0.6 is 23.2 Å². The smallest absolute Gasteiger partial charge is 0.223 e. The highest BCUT2D eigenvalue weighted by atomic mass is 35.5. The Morgan fingerprint density at radius 2 is 1.77 bits per heavy atom. The molecule has 1 heterocycles. The molecule has 144 valence electrons. The highest BCUT2D eigenvalue weighted by molar-refractivity contribution is 7.88. The third-order valence-corrected chi connectivity index (χ3v) is 7.69. The summed E-state index contributed by atoms with van der Waals surface area (Å²) in [5.74, 6) is -0.169. The van der Waals surface area contributed by atoms with Crippen molar-refractivity contribution in [1.82, 2.24) is 9.62 Å². The van der Waals surface area contributed by atoms with Gasteiger partial charge in [0.15, 0.2) is 0 Å². The molecule has 1 aliphatic carbocycles. The molecule has 0 bridgehead atoms. The number of piperidine rings is 1. The summed E-state index contributed by atoms with van der Waals surface area (Å²) in [6, 6.07) is 5.13. The van der Waals surface area contributed by atoms with E-state index < -0.39 is 10.0 Å². The lowest BCUT2D eigenvalue weighted by Gasteiger charge is -2.31. The summed E-state index contributed by atoms with van der Waals surface area (Å²) in [6.45, 7) is 0.743. The first kappa shape index (κ1) is 19.9. The minimum atomic E-state index is -3.47. The molecule has 2 aliphatic rings. The van der Waals surface area contributed by atoms with Crippen LogP contribution in [0.25, 0.3) is 0 Å². The van der Waals surface area contributed by atoms with Gasteiger partial charge in [0.05, 0.1) is 5.75 Å². The minimum absolute atomic E-state index is 0.0784. The highest BCUT2D eigenvalue weighted by Gasteiger charge is 2.32. The molecular formula is C18H24Cl2N2O3S. The number of amides is 1. The molecule has 26 heavy (non-hydrogen) atoms. The minimum Gasteiger partial charge on any atom is -0.353 e. The van der Waals surface area contributed by atoms with Gasteiger partial charge in [-0.25, -0.2) is 12.7 Å². The molecule has 1 saturated heterocycles. The van der Waals surface area contributed by atoms with Crippen LogP contribution in [0.4, 0.5) is 0 Å². The predicted octanol–water partition coefficient (Wildman–Crippen LogP) is 3.59. The Morgan fingerprint density at radius 3 is 2.38 bits per heavy atom. The van der Waals surface area contributed by atoms with Gasteiger partial charge in [0.25, 0.3) is 0 Å². The quantitative estimate of drug-likeness (QED) is 0.793. The van der Waals surface area contributed by atoms with Crippen LogP contribution in [0.5, 0.6) is 0 Å². The standard InChI is InChI=1S/C18H24Cl2N2O3S/c19-15-6-5-14(17(20)11-15)12-26(24,25)22-9-7-13(8-10-22)18(23)21-16-3-1-2-4-16/h5-6,11,13,16H,1-4,7-10,12H2,(H,21,23). The van der Waals surface area contributed by atoms with Crippen LogP contribution in [0.15, 0.2) is 18.2 Å². The second-order valence-corrected chi connectivity index (χ2v) is 9.97. The predicted molar refractivity (Wildman–Crippen MR) is 104 cm³/mol. The molecule has 0 radical (unpaired) electrons. The van der Waals surface area contributed by atoms with Gasteiger partial charge in [-0.15, -0.1) is 0 Å². The number of halogens is 2. The molecule has 1 aliphatic heterocycles. The second-order valence-electron chi connectivity index (χ2n) is 7.16. The van der Waals surface area contributed by atoms with E-state index in [2.05, 4.69) is 5.32 Å². The zero-order valence-electron chi connectivity index (χ0n) is 14.6. The summed E-state index contributed by atoms with van der Waals surface area (Å²) in [7, 11) is -3.47. The van der Waals surface area contributed by atoms with Crippen molar-refractivity contribution in [2.75, 3.05) is 13.1 Å². The molecule has 5 nitrogen and oxygen atoms in total. The maximum atomic E-state index is 12.7. The first-order valence-electron chi connectivity index (χ1n) is 9.07. The number of hydrogen-bond acceptors (Lipinski definition) is 3. The fraction of sp³-hybridized carbons (Fsp3) is 0.611. The van der Waals surface area contributed by atoms with Crippen molar-refractivity contribution in [2.24, 2.45) is 5.92 Å². The molecule has 1 amide bonds. The van der Waals surface area contributed by atoms with Gasteiger partial charge in [-0.05, 0) is 43.4 Å². The summed E-state index contributed by atoms with van der Waals surface area (Å²) < 4.78 is 26.8. The summed E-state index contributed by atoms with van der Waals surface area (Å²) in [5, 5.41) is 3.95. The van der Waals surface area contributed by atoms with E-state index >= 15 is 0 Å². The van der Waals surface area contributed by atoms with Crippen LogP contribution in [0.3, 0.4) is 0 Å². The van der Waals surface area contributed by atoms with Gasteiger partial charge in [0.2, 0.25) is 15.9 Å². The van der Waals surface area contributed by atoms with E-state index in [-0.39, 0.29) is 17.6 Å². The molecule has 0 unspecified atom stereocenters. The molecule has 1 N–H and O–H groups in total. The average molecular weight is 419 g/mol. The highest BCUT2D eigenvalue weighted by Crippen LogP contribution is 2.27. The van der Waals surface area contributed by atoms with Crippen molar-refractivity contribution >= 4 is 39.1 Å². The first-order chi connectivity index (χ1) is 12.3. The number of nitrogens with one attached hydrogen (secondary N) is 1. The lowest BCUT2D eigenvalue weighted by Crippen LogP contribution is -2.45. The summed E-state index contributed by atoms with van der Waals surface area (Å²) in [6.07, 6.45) is 5.59. The fourth-order valence-electron chi connectivity index (χ4n) is 3.71. The third-order valence-electron chi connectivity index (χ3n) is 5.27. The topological polar surface area (TPSA) is 66.5 Å². The first-order valence-corrected chi connectivity index (χ1v) is 11.4.